The lowest BCUT2D eigenvalue weighted by Crippen LogP contribution is -2.16. The molecule has 0 aliphatic carbocycles. The van der Waals surface area contributed by atoms with Crippen molar-refractivity contribution in [2.24, 2.45) is 5.92 Å². The minimum atomic E-state index is -0.0376. The lowest BCUT2D eigenvalue weighted by molar-refractivity contribution is -0.150. The van der Waals surface area contributed by atoms with Gasteiger partial charge in [0.1, 0.15) is 6.61 Å². The van der Waals surface area contributed by atoms with Crippen molar-refractivity contribution in [1.82, 2.24) is 0 Å². The maximum Gasteiger partial charge on any atom is 0.309 e. The van der Waals surface area contributed by atoms with Gasteiger partial charge in [-0.15, -0.1) is 11.3 Å². The van der Waals surface area contributed by atoms with Crippen molar-refractivity contribution in [3.63, 3.8) is 0 Å². The maximum absolute atomic E-state index is 11.8. The zero-order chi connectivity index (χ0) is 11.8. The molecule has 1 aromatic rings. The van der Waals surface area contributed by atoms with Crippen molar-refractivity contribution < 1.29 is 9.53 Å². The number of hydrogen-bond acceptors (Lipinski definition) is 3. The Morgan fingerprint density at radius 1 is 1.50 bits per heavy atom. The van der Waals surface area contributed by atoms with Crippen LogP contribution in [0.1, 0.15) is 44.4 Å². The van der Waals surface area contributed by atoms with E-state index in [4.69, 9.17) is 4.74 Å². The normalized spacial score (nSPS) is 12.4. The van der Waals surface area contributed by atoms with Crippen molar-refractivity contribution in [1.29, 1.82) is 0 Å². The first-order chi connectivity index (χ1) is 7.77. The van der Waals surface area contributed by atoms with E-state index in [1.165, 1.54) is 0 Å². The Bertz CT molecular complexity index is 293. The minimum Gasteiger partial charge on any atom is -0.460 e. The van der Waals surface area contributed by atoms with Gasteiger partial charge >= 0.3 is 5.97 Å². The topological polar surface area (TPSA) is 26.3 Å². The summed E-state index contributed by atoms with van der Waals surface area (Å²) in [5.74, 6) is 0.0456. The van der Waals surface area contributed by atoms with Crippen LogP contribution >= 0.6 is 11.3 Å². The molecular weight excluding hydrogens is 220 g/mol. The van der Waals surface area contributed by atoms with Gasteiger partial charge in [0.25, 0.3) is 0 Å². The van der Waals surface area contributed by atoms with Crippen LogP contribution in [0.25, 0.3) is 0 Å². The summed E-state index contributed by atoms with van der Waals surface area (Å²) in [6.07, 6.45) is 4.07. The van der Waals surface area contributed by atoms with Crippen LogP contribution in [0.2, 0.25) is 0 Å². The fraction of sp³-hybridized carbons (Fsp3) is 0.615. The van der Waals surface area contributed by atoms with Gasteiger partial charge in [-0.2, -0.15) is 0 Å². The number of esters is 1. The third-order valence-electron chi connectivity index (χ3n) is 2.67. The Balaban J connectivity index is 2.31. The van der Waals surface area contributed by atoms with E-state index in [1.807, 2.05) is 24.4 Å². The Labute approximate surface area is 102 Å². The average Bonchev–Trinajstić information content (AvgIpc) is 2.80. The van der Waals surface area contributed by atoms with Crippen molar-refractivity contribution >= 4 is 17.3 Å². The molecule has 0 bridgehead atoms. The zero-order valence-electron chi connectivity index (χ0n) is 10.1. The highest BCUT2D eigenvalue weighted by Crippen LogP contribution is 2.16. The van der Waals surface area contributed by atoms with Crippen molar-refractivity contribution in [2.45, 2.75) is 46.1 Å². The summed E-state index contributed by atoms with van der Waals surface area (Å²) in [6.45, 7) is 4.62. The molecule has 1 rings (SSSR count). The summed E-state index contributed by atoms with van der Waals surface area (Å²) in [6, 6.07) is 3.97. The Morgan fingerprint density at radius 2 is 2.31 bits per heavy atom. The second-order valence-electron chi connectivity index (χ2n) is 3.93. The van der Waals surface area contributed by atoms with E-state index in [9.17, 15) is 4.79 Å². The van der Waals surface area contributed by atoms with E-state index in [-0.39, 0.29) is 11.9 Å². The van der Waals surface area contributed by atoms with Crippen molar-refractivity contribution in [2.75, 3.05) is 0 Å². The number of unbranched alkanes of at least 4 members (excludes halogenated alkanes) is 1. The van der Waals surface area contributed by atoms with Gasteiger partial charge < -0.3 is 4.74 Å². The number of ether oxygens (including phenoxy) is 1. The molecule has 16 heavy (non-hydrogen) atoms. The van der Waals surface area contributed by atoms with Crippen molar-refractivity contribution in [3.8, 4) is 0 Å². The number of carbonyl (C=O) groups is 1. The molecule has 1 aromatic heterocycles. The molecule has 1 unspecified atom stereocenters. The standard InChI is InChI=1S/C13H20O2S/c1-3-5-7-11(4-2)13(14)15-10-12-8-6-9-16-12/h6,8-9,11H,3-5,7,10H2,1-2H3. The number of thiophene rings is 1. The van der Waals surface area contributed by atoms with Crippen LogP contribution in [0.4, 0.5) is 0 Å². The summed E-state index contributed by atoms with van der Waals surface area (Å²) in [7, 11) is 0. The summed E-state index contributed by atoms with van der Waals surface area (Å²) >= 11 is 1.62. The van der Waals surface area contributed by atoms with Crippen LogP contribution in [-0.4, -0.2) is 5.97 Å². The summed E-state index contributed by atoms with van der Waals surface area (Å²) < 4.78 is 5.31. The van der Waals surface area contributed by atoms with E-state index in [1.54, 1.807) is 11.3 Å². The predicted molar refractivity (Wildman–Crippen MR) is 67.4 cm³/mol. The van der Waals surface area contributed by atoms with Gasteiger partial charge in [-0.1, -0.05) is 32.8 Å². The van der Waals surface area contributed by atoms with Gasteiger partial charge in [0.2, 0.25) is 0 Å². The molecule has 0 aliphatic rings. The van der Waals surface area contributed by atoms with Crippen LogP contribution < -0.4 is 0 Å². The van der Waals surface area contributed by atoms with E-state index < -0.39 is 0 Å². The highest BCUT2D eigenvalue weighted by molar-refractivity contribution is 7.09. The fourth-order valence-corrected chi connectivity index (χ4v) is 2.21. The molecule has 3 heteroatoms. The van der Waals surface area contributed by atoms with Gasteiger partial charge in [0.05, 0.1) is 5.92 Å². The van der Waals surface area contributed by atoms with E-state index in [0.717, 1.165) is 30.6 Å². The highest BCUT2D eigenvalue weighted by atomic mass is 32.1. The Morgan fingerprint density at radius 3 is 2.88 bits per heavy atom. The first-order valence-electron chi connectivity index (χ1n) is 5.97. The third-order valence-corrected chi connectivity index (χ3v) is 3.52. The SMILES string of the molecule is CCCCC(CC)C(=O)OCc1cccs1. The van der Waals surface area contributed by atoms with E-state index in [0.29, 0.717) is 6.61 Å². The molecule has 0 fully saturated rings. The maximum atomic E-state index is 11.8. The Kier molecular flexibility index (Phi) is 6.16. The van der Waals surface area contributed by atoms with Crippen LogP contribution in [0.3, 0.4) is 0 Å². The number of carbonyl (C=O) groups excluding carboxylic acids is 1. The van der Waals surface area contributed by atoms with Crippen molar-refractivity contribution in [3.05, 3.63) is 22.4 Å². The van der Waals surface area contributed by atoms with Gasteiger partial charge in [-0.05, 0) is 24.3 Å². The molecule has 0 aromatic carbocycles. The highest BCUT2D eigenvalue weighted by Gasteiger charge is 2.17. The Hall–Kier alpha value is -0.830. The minimum absolute atomic E-state index is 0.0376. The summed E-state index contributed by atoms with van der Waals surface area (Å²) in [5.41, 5.74) is 0. The fourth-order valence-electron chi connectivity index (χ4n) is 1.59. The van der Waals surface area contributed by atoms with Crippen LogP contribution in [0, 0.1) is 5.92 Å². The molecule has 0 amide bonds. The largest absolute Gasteiger partial charge is 0.460 e. The lowest BCUT2D eigenvalue weighted by Gasteiger charge is -2.13. The molecule has 1 heterocycles. The first-order valence-corrected chi connectivity index (χ1v) is 6.84. The van der Waals surface area contributed by atoms with Crippen LogP contribution in [0.5, 0.6) is 0 Å². The third kappa shape index (κ3) is 4.35. The molecule has 0 saturated heterocycles. The van der Waals surface area contributed by atoms with Gasteiger partial charge in [0, 0.05) is 4.88 Å². The molecule has 0 aliphatic heterocycles. The molecular formula is C13H20O2S. The summed E-state index contributed by atoms with van der Waals surface area (Å²) in [5, 5.41) is 2.00. The van der Waals surface area contributed by atoms with Gasteiger partial charge in [0.15, 0.2) is 0 Å². The lowest BCUT2D eigenvalue weighted by atomic mass is 10.00. The molecule has 2 nitrogen and oxygen atoms in total. The molecule has 0 spiro atoms. The average molecular weight is 240 g/mol. The smallest absolute Gasteiger partial charge is 0.309 e. The number of rotatable bonds is 7. The zero-order valence-corrected chi connectivity index (χ0v) is 10.9. The van der Waals surface area contributed by atoms with Crippen LogP contribution in [-0.2, 0) is 16.1 Å². The monoisotopic (exact) mass is 240 g/mol. The molecule has 0 saturated carbocycles. The van der Waals surface area contributed by atoms with Crippen LogP contribution in [0.15, 0.2) is 17.5 Å². The second kappa shape index (κ2) is 7.44. The molecule has 1 atom stereocenters. The summed E-state index contributed by atoms with van der Waals surface area (Å²) in [4.78, 5) is 12.9. The molecule has 0 radical (unpaired) electrons. The predicted octanol–water partition coefficient (Wildman–Crippen LogP) is 4.01. The van der Waals surface area contributed by atoms with Gasteiger partial charge in [-0.3, -0.25) is 4.79 Å². The van der Waals surface area contributed by atoms with E-state index in [2.05, 4.69) is 6.92 Å². The van der Waals surface area contributed by atoms with Gasteiger partial charge in [-0.25, -0.2) is 0 Å². The molecule has 90 valence electrons. The van der Waals surface area contributed by atoms with E-state index >= 15 is 0 Å². The first kappa shape index (κ1) is 13.2. The quantitative estimate of drug-likeness (QED) is 0.673. The second-order valence-corrected chi connectivity index (χ2v) is 4.97. The molecule has 0 N–H and O–H groups in total. The number of hydrogen-bond donors (Lipinski definition) is 0.